The minimum absolute atomic E-state index is 0.0361. The van der Waals surface area contributed by atoms with Crippen LogP contribution in [-0.4, -0.2) is 4.57 Å². The van der Waals surface area contributed by atoms with Gasteiger partial charge in [0.1, 0.15) is 0 Å². The van der Waals surface area contributed by atoms with Crippen molar-refractivity contribution < 1.29 is 0 Å². The number of thiophene rings is 1. The van der Waals surface area contributed by atoms with E-state index in [2.05, 4.69) is 15.9 Å². The molecule has 0 saturated heterocycles. The van der Waals surface area contributed by atoms with Crippen molar-refractivity contribution in [3.8, 4) is 0 Å². The molecule has 0 N–H and O–H groups in total. The van der Waals surface area contributed by atoms with Crippen molar-refractivity contribution in [3.63, 3.8) is 0 Å². The van der Waals surface area contributed by atoms with Gasteiger partial charge in [-0.3, -0.25) is 4.79 Å². The Kier molecular flexibility index (Phi) is 3.06. The standard InChI is InChI=1S/C14H10BrNOS/c15-11-7-8-18-13(11)9-16-12-4-2-1-3-10(12)5-6-14(16)17/h1-8H,9H2. The Morgan fingerprint density at radius 3 is 2.72 bits per heavy atom. The minimum Gasteiger partial charge on any atom is -0.303 e. The number of aromatic nitrogens is 1. The van der Waals surface area contributed by atoms with Crippen LogP contribution in [-0.2, 0) is 6.54 Å². The van der Waals surface area contributed by atoms with E-state index in [-0.39, 0.29) is 5.56 Å². The summed E-state index contributed by atoms with van der Waals surface area (Å²) in [7, 11) is 0. The lowest BCUT2D eigenvalue weighted by Gasteiger charge is -2.09. The van der Waals surface area contributed by atoms with E-state index in [1.54, 1.807) is 17.4 Å². The highest BCUT2D eigenvalue weighted by atomic mass is 79.9. The Morgan fingerprint density at radius 1 is 1.11 bits per heavy atom. The fraction of sp³-hybridized carbons (Fsp3) is 0.0714. The number of benzene rings is 1. The fourth-order valence-corrected chi connectivity index (χ4v) is 3.45. The molecule has 2 nitrogen and oxygen atoms in total. The molecule has 18 heavy (non-hydrogen) atoms. The summed E-state index contributed by atoms with van der Waals surface area (Å²) in [5.74, 6) is 0. The molecule has 0 radical (unpaired) electrons. The Labute approximate surface area is 117 Å². The quantitative estimate of drug-likeness (QED) is 0.702. The molecule has 2 heterocycles. The molecule has 0 unspecified atom stereocenters. The lowest BCUT2D eigenvalue weighted by molar-refractivity contribution is 0.804. The molecule has 0 spiro atoms. The van der Waals surface area contributed by atoms with E-state index in [1.165, 1.54) is 0 Å². The van der Waals surface area contributed by atoms with Crippen LogP contribution in [0.15, 0.2) is 57.1 Å². The van der Waals surface area contributed by atoms with Gasteiger partial charge >= 0.3 is 0 Å². The topological polar surface area (TPSA) is 22.0 Å². The Balaban J connectivity index is 2.19. The van der Waals surface area contributed by atoms with Crippen LogP contribution >= 0.6 is 27.3 Å². The van der Waals surface area contributed by atoms with Crippen molar-refractivity contribution in [2.45, 2.75) is 6.54 Å². The van der Waals surface area contributed by atoms with Gasteiger partial charge in [0.2, 0.25) is 0 Å². The normalized spacial score (nSPS) is 10.9. The molecule has 0 fully saturated rings. The molecule has 1 aromatic carbocycles. The first-order valence-electron chi connectivity index (χ1n) is 5.56. The van der Waals surface area contributed by atoms with E-state index in [0.717, 1.165) is 20.3 Å². The van der Waals surface area contributed by atoms with Crippen LogP contribution in [0, 0.1) is 0 Å². The Hall–Kier alpha value is -1.39. The predicted molar refractivity (Wildman–Crippen MR) is 79.3 cm³/mol. The van der Waals surface area contributed by atoms with E-state index in [9.17, 15) is 4.79 Å². The highest BCUT2D eigenvalue weighted by Crippen LogP contribution is 2.24. The fourth-order valence-electron chi connectivity index (χ4n) is 1.99. The molecule has 3 aromatic rings. The third kappa shape index (κ3) is 2.02. The molecule has 0 aliphatic heterocycles. The summed E-state index contributed by atoms with van der Waals surface area (Å²) in [4.78, 5) is 13.2. The molecule has 90 valence electrons. The largest absolute Gasteiger partial charge is 0.303 e. The minimum atomic E-state index is 0.0361. The Bertz CT molecular complexity index is 760. The summed E-state index contributed by atoms with van der Waals surface area (Å²) in [5.41, 5.74) is 1.01. The van der Waals surface area contributed by atoms with Crippen molar-refractivity contribution in [1.29, 1.82) is 0 Å². The molecule has 0 amide bonds. The lowest BCUT2D eigenvalue weighted by Crippen LogP contribution is -2.19. The Morgan fingerprint density at radius 2 is 1.94 bits per heavy atom. The SMILES string of the molecule is O=c1ccc2ccccc2n1Cc1sccc1Br. The number of pyridine rings is 1. The average molecular weight is 320 g/mol. The van der Waals surface area contributed by atoms with Gasteiger partial charge in [-0.2, -0.15) is 0 Å². The van der Waals surface area contributed by atoms with Crippen LogP contribution in [0.5, 0.6) is 0 Å². The highest BCUT2D eigenvalue weighted by Gasteiger charge is 2.06. The van der Waals surface area contributed by atoms with Crippen LogP contribution in [0.25, 0.3) is 10.9 Å². The molecule has 0 saturated carbocycles. The lowest BCUT2D eigenvalue weighted by atomic mass is 10.2. The van der Waals surface area contributed by atoms with Gasteiger partial charge in [-0.15, -0.1) is 11.3 Å². The maximum atomic E-state index is 12.0. The smallest absolute Gasteiger partial charge is 0.251 e. The second-order valence-electron chi connectivity index (χ2n) is 4.01. The summed E-state index contributed by atoms with van der Waals surface area (Å²) in [5, 5.41) is 3.11. The van der Waals surface area contributed by atoms with Crippen LogP contribution < -0.4 is 5.56 Å². The van der Waals surface area contributed by atoms with Crippen molar-refractivity contribution in [2.24, 2.45) is 0 Å². The van der Waals surface area contributed by atoms with Crippen LogP contribution in [0.2, 0.25) is 0 Å². The van der Waals surface area contributed by atoms with E-state index in [0.29, 0.717) is 6.54 Å². The number of rotatable bonds is 2. The number of hydrogen-bond acceptors (Lipinski definition) is 2. The van der Waals surface area contributed by atoms with Gasteiger partial charge < -0.3 is 4.57 Å². The second-order valence-corrected chi connectivity index (χ2v) is 5.86. The van der Waals surface area contributed by atoms with Gasteiger partial charge in [0, 0.05) is 15.4 Å². The number of nitrogens with zero attached hydrogens (tertiary/aromatic N) is 1. The highest BCUT2D eigenvalue weighted by molar-refractivity contribution is 9.10. The van der Waals surface area contributed by atoms with Crippen LogP contribution in [0.1, 0.15) is 4.88 Å². The summed E-state index contributed by atoms with van der Waals surface area (Å²) in [6.07, 6.45) is 0. The zero-order chi connectivity index (χ0) is 12.5. The number of hydrogen-bond donors (Lipinski definition) is 0. The second kappa shape index (κ2) is 4.71. The monoisotopic (exact) mass is 319 g/mol. The van der Waals surface area contributed by atoms with E-state index in [1.807, 2.05) is 46.3 Å². The van der Waals surface area contributed by atoms with Crippen molar-refractivity contribution in [3.05, 3.63) is 67.5 Å². The van der Waals surface area contributed by atoms with Crippen LogP contribution in [0.4, 0.5) is 0 Å². The number of para-hydroxylation sites is 1. The summed E-state index contributed by atoms with van der Waals surface area (Å²) in [6.45, 7) is 0.610. The maximum absolute atomic E-state index is 12.0. The van der Waals surface area contributed by atoms with Gasteiger partial charge in [0.05, 0.1) is 12.1 Å². The zero-order valence-corrected chi connectivity index (χ0v) is 11.9. The first-order valence-corrected chi connectivity index (χ1v) is 7.23. The van der Waals surface area contributed by atoms with Gasteiger partial charge in [-0.1, -0.05) is 18.2 Å². The molecular formula is C14H10BrNOS. The van der Waals surface area contributed by atoms with Gasteiger partial charge in [-0.25, -0.2) is 0 Å². The predicted octanol–water partition coefficient (Wildman–Crippen LogP) is 3.87. The van der Waals surface area contributed by atoms with Crippen molar-refractivity contribution in [1.82, 2.24) is 4.57 Å². The van der Waals surface area contributed by atoms with E-state index < -0.39 is 0 Å². The summed E-state index contributed by atoms with van der Waals surface area (Å²) < 4.78 is 2.87. The third-order valence-corrected chi connectivity index (χ3v) is 4.80. The number of halogens is 1. The molecule has 0 bridgehead atoms. The van der Waals surface area contributed by atoms with E-state index in [4.69, 9.17) is 0 Å². The summed E-state index contributed by atoms with van der Waals surface area (Å²) >= 11 is 5.16. The van der Waals surface area contributed by atoms with Crippen molar-refractivity contribution >= 4 is 38.2 Å². The number of fused-ring (bicyclic) bond motifs is 1. The maximum Gasteiger partial charge on any atom is 0.251 e. The third-order valence-electron chi connectivity index (χ3n) is 2.89. The molecule has 0 atom stereocenters. The van der Waals surface area contributed by atoms with Gasteiger partial charge in [-0.05, 0) is 44.9 Å². The van der Waals surface area contributed by atoms with Crippen molar-refractivity contribution in [2.75, 3.05) is 0 Å². The molecule has 2 aromatic heterocycles. The molecule has 4 heteroatoms. The van der Waals surface area contributed by atoms with Gasteiger partial charge in [0.25, 0.3) is 5.56 Å². The molecule has 0 aliphatic rings. The first kappa shape index (κ1) is 11.7. The zero-order valence-electron chi connectivity index (χ0n) is 9.47. The molecule has 3 rings (SSSR count). The average Bonchev–Trinajstić information content (AvgIpc) is 2.79. The molecular weight excluding hydrogens is 310 g/mol. The van der Waals surface area contributed by atoms with Crippen LogP contribution in [0.3, 0.4) is 0 Å². The first-order chi connectivity index (χ1) is 8.75. The van der Waals surface area contributed by atoms with Gasteiger partial charge in [0.15, 0.2) is 0 Å². The summed E-state index contributed by atoms with van der Waals surface area (Å²) in [6, 6.07) is 13.5. The molecule has 0 aliphatic carbocycles. The van der Waals surface area contributed by atoms with E-state index >= 15 is 0 Å².